The molecule has 0 saturated carbocycles. The highest BCUT2D eigenvalue weighted by Gasteiger charge is 2.49. The summed E-state index contributed by atoms with van der Waals surface area (Å²) in [6, 6.07) is 8.62. The molecular weight excluding hydrogens is 622 g/mol. The summed E-state index contributed by atoms with van der Waals surface area (Å²) in [5, 5.41) is 0.884. The Kier molecular flexibility index (Phi) is 9.45. The molecule has 5 rings (SSSR count). The zero-order valence-electron chi connectivity index (χ0n) is 28.7. The molecule has 0 unspecified atom stereocenters. The van der Waals surface area contributed by atoms with E-state index in [1.807, 2.05) is 31.9 Å². The quantitative estimate of drug-likeness (QED) is 0.233. The molecule has 1 aromatic carbocycles. The predicted octanol–water partition coefficient (Wildman–Crippen LogP) is 9.31. The van der Waals surface area contributed by atoms with Crippen molar-refractivity contribution < 1.29 is 18.7 Å². The molecular formula is C35H50ClN3O4SSi. The van der Waals surface area contributed by atoms with E-state index in [0.29, 0.717) is 19.8 Å². The summed E-state index contributed by atoms with van der Waals surface area (Å²) in [5.41, 5.74) is 4.63. The number of carbonyl (C=O) groups excluding carboxylic acids is 1. The number of aromatic nitrogens is 1. The number of methoxy groups -OCH3 is 1. The monoisotopic (exact) mass is 671 g/mol. The van der Waals surface area contributed by atoms with Gasteiger partial charge in [-0.25, -0.2) is 4.79 Å². The Morgan fingerprint density at radius 2 is 1.89 bits per heavy atom. The van der Waals surface area contributed by atoms with Gasteiger partial charge in [-0.15, -0.1) is 11.3 Å². The summed E-state index contributed by atoms with van der Waals surface area (Å²) < 4.78 is 19.3. The molecule has 7 nitrogen and oxygen atoms in total. The number of ether oxygens (including phenoxy) is 2. The minimum absolute atomic E-state index is 0.103. The van der Waals surface area contributed by atoms with Gasteiger partial charge in [-0.05, 0) is 94.9 Å². The molecule has 0 N–H and O–H groups in total. The maximum Gasteiger partial charge on any atom is 0.410 e. The van der Waals surface area contributed by atoms with E-state index < -0.39 is 19.5 Å². The van der Waals surface area contributed by atoms with Crippen LogP contribution in [-0.2, 0) is 26.9 Å². The molecule has 246 valence electrons. The van der Waals surface area contributed by atoms with Crippen molar-refractivity contribution in [1.82, 2.24) is 9.88 Å². The smallest absolute Gasteiger partial charge is 0.410 e. The number of thiophene rings is 1. The number of amides is 1. The highest BCUT2D eigenvalue weighted by Crippen LogP contribution is 2.47. The second-order valence-corrected chi connectivity index (χ2v) is 21.9. The zero-order valence-corrected chi connectivity index (χ0v) is 31.2. The Labute approximate surface area is 279 Å². The van der Waals surface area contributed by atoms with E-state index in [-0.39, 0.29) is 17.2 Å². The third-order valence-electron chi connectivity index (χ3n) is 9.65. The van der Waals surface area contributed by atoms with Gasteiger partial charge in [0.1, 0.15) is 5.60 Å². The van der Waals surface area contributed by atoms with Crippen LogP contribution in [0, 0.1) is 0 Å². The second kappa shape index (κ2) is 12.5. The highest BCUT2D eigenvalue weighted by atomic mass is 35.5. The van der Waals surface area contributed by atoms with Crippen molar-refractivity contribution in [3.8, 4) is 11.1 Å². The van der Waals surface area contributed by atoms with E-state index in [1.54, 1.807) is 18.4 Å². The number of likely N-dealkylation sites (tertiary alicyclic amines) is 1. The van der Waals surface area contributed by atoms with Crippen LogP contribution in [-0.4, -0.2) is 68.3 Å². The number of fused-ring (bicyclic) bond motifs is 2. The van der Waals surface area contributed by atoms with Gasteiger partial charge in [-0.3, -0.25) is 9.88 Å². The molecule has 3 aromatic rings. The van der Waals surface area contributed by atoms with Crippen LogP contribution in [0.4, 0.5) is 10.5 Å². The number of aryl methyl sites for hydroxylation is 1. The Balaban J connectivity index is 1.53. The number of nitrogens with zero attached hydrogens (tertiary/aromatic N) is 3. The van der Waals surface area contributed by atoms with Gasteiger partial charge in [0.25, 0.3) is 0 Å². The molecule has 0 radical (unpaired) electrons. The van der Waals surface area contributed by atoms with Gasteiger partial charge in [-0.2, -0.15) is 0 Å². The van der Waals surface area contributed by atoms with Gasteiger partial charge in [0, 0.05) is 59.2 Å². The van der Waals surface area contributed by atoms with Crippen LogP contribution in [0.15, 0.2) is 30.5 Å². The van der Waals surface area contributed by atoms with Crippen LogP contribution < -0.4 is 4.90 Å². The van der Waals surface area contributed by atoms with Gasteiger partial charge in [-0.1, -0.05) is 32.4 Å². The number of benzene rings is 1. The first-order valence-corrected chi connectivity index (χ1v) is 20.1. The minimum Gasteiger partial charge on any atom is -0.444 e. The Morgan fingerprint density at radius 1 is 1.16 bits per heavy atom. The fourth-order valence-electron chi connectivity index (χ4n) is 6.43. The average molecular weight is 672 g/mol. The molecule has 2 aliphatic heterocycles. The summed E-state index contributed by atoms with van der Waals surface area (Å²) in [6.07, 6.45) is 4.37. The van der Waals surface area contributed by atoms with Crippen LogP contribution in [0.1, 0.15) is 71.7 Å². The van der Waals surface area contributed by atoms with Crippen molar-refractivity contribution in [2.24, 2.45) is 0 Å². The van der Waals surface area contributed by atoms with Crippen molar-refractivity contribution in [1.29, 1.82) is 0 Å². The Hall–Kier alpha value is -2.17. The summed E-state index contributed by atoms with van der Waals surface area (Å²) >= 11 is 8.58. The molecule has 45 heavy (non-hydrogen) atoms. The SMILES string of the molecule is COC[C@@]1(C)C[C@H](N2CCCc3cc(Cl)cc(-c4ccnc5cc(CO[Si](C)(C)C(C)(C)C)sc45)c32)CN1C(=O)OC(C)(C)C. The first-order valence-electron chi connectivity index (χ1n) is 16.0. The van der Waals surface area contributed by atoms with Crippen molar-refractivity contribution in [3.05, 3.63) is 45.9 Å². The van der Waals surface area contributed by atoms with Crippen molar-refractivity contribution in [2.45, 2.75) is 110 Å². The fourth-order valence-corrected chi connectivity index (χ4v) is 8.78. The molecule has 1 fully saturated rings. The van der Waals surface area contributed by atoms with Gasteiger partial charge in [0.05, 0.1) is 29.0 Å². The normalized spacial score (nSPS) is 21.0. The maximum atomic E-state index is 13.5. The standard InChI is InChI=1S/C35H50ClN3O4SSi/c1-33(2,3)43-32(40)39-20-25(19-35(39,7)22-41-8)38-15-11-12-23-16-24(36)17-28(30(23)38)27-13-14-37-29-18-26(44-31(27)29)21-42-45(9,10)34(4,5)6/h13-14,16-18,25H,11-12,15,19-22H2,1-10H3/t25-,35+/m0/s1. The topological polar surface area (TPSA) is 64.1 Å². The van der Waals surface area contributed by atoms with Gasteiger partial charge in [0.2, 0.25) is 0 Å². The van der Waals surface area contributed by atoms with E-state index in [9.17, 15) is 4.79 Å². The van der Waals surface area contributed by atoms with Crippen LogP contribution in [0.2, 0.25) is 23.2 Å². The predicted molar refractivity (Wildman–Crippen MR) is 189 cm³/mol. The molecule has 0 bridgehead atoms. The van der Waals surface area contributed by atoms with Crippen molar-refractivity contribution in [2.75, 3.05) is 31.7 Å². The third-order valence-corrected chi connectivity index (χ3v) is 15.5. The van der Waals surface area contributed by atoms with E-state index in [2.05, 4.69) is 70.0 Å². The summed E-state index contributed by atoms with van der Waals surface area (Å²) in [6.45, 7) is 21.7. The second-order valence-electron chi connectivity index (χ2n) is 15.5. The fraction of sp³-hybridized carbons (Fsp3) is 0.600. The van der Waals surface area contributed by atoms with E-state index in [4.69, 9.17) is 30.5 Å². The molecule has 2 atom stereocenters. The number of pyridine rings is 1. The highest BCUT2D eigenvalue weighted by molar-refractivity contribution is 7.19. The van der Waals surface area contributed by atoms with Crippen LogP contribution in [0.25, 0.3) is 21.3 Å². The lowest BCUT2D eigenvalue weighted by Crippen LogP contribution is -2.49. The number of anilines is 1. The molecule has 0 spiro atoms. The first-order chi connectivity index (χ1) is 20.9. The number of rotatable bonds is 7. The lowest BCUT2D eigenvalue weighted by atomic mass is 9.91. The van der Waals surface area contributed by atoms with Gasteiger partial charge in [0.15, 0.2) is 8.32 Å². The Morgan fingerprint density at radius 3 is 2.56 bits per heavy atom. The van der Waals surface area contributed by atoms with Gasteiger partial charge < -0.3 is 18.8 Å². The lowest BCUT2D eigenvalue weighted by Gasteiger charge is -2.38. The number of halogens is 1. The Bertz CT molecular complexity index is 1560. The summed E-state index contributed by atoms with van der Waals surface area (Å²) in [5.74, 6) is 0. The van der Waals surface area contributed by atoms with Crippen molar-refractivity contribution in [3.63, 3.8) is 0 Å². The molecule has 4 heterocycles. The van der Waals surface area contributed by atoms with E-state index in [1.165, 1.54) is 16.1 Å². The summed E-state index contributed by atoms with van der Waals surface area (Å²) in [7, 11) is -0.196. The number of hydrogen-bond acceptors (Lipinski definition) is 7. The molecule has 1 amide bonds. The maximum absolute atomic E-state index is 13.5. The van der Waals surface area contributed by atoms with E-state index in [0.717, 1.165) is 52.2 Å². The number of hydrogen-bond donors (Lipinski definition) is 0. The summed E-state index contributed by atoms with van der Waals surface area (Å²) in [4.78, 5) is 23.8. The molecule has 2 aromatic heterocycles. The largest absolute Gasteiger partial charge is 0.444 e. The van der Waals surface area contributed by atoms with Crippen LogP contribution >= 0.6 is 22.9 Å². The van der Waals surface area contributed by atoms with Gasteiger partial charge >= 0.3 is 6.09 Å². The zero-order chi connectivity index (χ0) is 32.9. The third kappa shape index (κ3) is 7.08. The molecule has 0 aliphatic carbocycles. The molecule has 10 heteroatoms. The average Bonchev–Trinajstić information content (AvgIpc) is 3.50. The number of carbonyl (C=O) groups is 1. The van der Waals surface area contributed by atoms with Crippen LogP contribution in [0.3, 0.4) is 0 Å². The van der Waals surface area contributed by atoms with E-state index >= 15 is 0 Å². The van der Waals surface area contributed by atoms with Crippen molar-refractivity contribution >= 4 is 53.3 Å². The molecule has 2 aliphatic rings. The molecule has 1 saturated heterocycles. The minimum atomic E-state index is -1.89. The first kappa shape index (κ1) is 34.2. The van der Waals surface area contributed by atoms with Crippen LogP contribution in [0.5, 0.6) is 0 Å². The lowest BCUT2D eigenvalue weighted by molar-refractivity contribution is -0.00567.